The van der Waals surface area contributed by atoms with Crippen LogP contribution in [0.1, 0.15) is 26.7 Å². The fourth-order valence-electron chi connectivity index (χ4n) is 2.52. The van der Waals surface area contributed by atoms with Crippen molar-refractivity contribution < 1.29 is 38.7 Å². The first-order chi connectivity index (χ1) is 12.5. The van der Waals surface area contributed by atoms with E-state index in [9.17, 15) is 19.2 Å². The minimum absolute atomic E-state index is 0.0686. The summed E-state index contributed by atoms with van der Waals surface area (Å²) in [5.41, 5.74) is 0. The molecule has 1 fully saturated rings. The molecule has 10 nitrogen and oxygen atoms in total. The Labute approximate surface area is 168 Å². The SMILES string of the molecule is CC(C)C[C@H](NC(=O)CNS(=S)S)B1OC(=O)C(C(=O)O)C(CC(=O)O)O1. The first-order valence-electron chi connectivity index (χ1n) is 7.95. The fourth-order valence-corrected chi connectivity index (χ4v) is 3.15. The van der Waals surface area contributed by atoms with Crippen LogP contribution in [0, 0.1) is 11.8 Å². The van der Waals surface area contributed by atoms with Crippen LogP contribution >= 0.6 is 11.7 Å². The Kier molecular flexibility index (Phi) is 9.66. The van der Waals surface area contributed by atoms with Gasteiger partial charge in [0, 0.05) is 8.67 Å². The van der Waals surface area contributed by atoms with Crippen molar-refractivity contribution in [3.05, 3.63) is 0 Å². The van der Waals surface area contributed by atoms with E-state index in [0.717, 1.165) is 0 Å². The highest BCUT2D eigenvalue weighted by Crippen LogP contribution is 2.24. The molecule has 1 heterocycles. The van der Waals surface area contributed by atoms with Gasteiger partial charge in [0.25, 0.3) is 0 Å². The van der Waals surface area contributed by atoms with Crippen molar-refractivity contribution in [1.82, 2.24) is 10.0 Å². The van der Waals surface area contributed by atoms with Crippen molar-refractivity contribution in [1.29, 1.82) is 0 Å². The molecule has 1 saturated heterocycles. The molecule has 4 N–H and O–H groups in total. The van der Waals surface area contributed by atoms with E-state index in [1.807, 2.05) is 13.8 Å². The summed E-state index contributed by atoms with van der Waals surface area (Å²) in [6, 6.07) is 0. The Hall–Kier alpha value is -1.22. The maximum absolute atomic E-state index is 12.1. The highest BCUT2D eigenvalue weighted by atomic mass is 33.3. The van der Waals surface area contributed by atoms with E-state index in [1.165, 1.54) is 0 Å². The van der Waals surface area contributed by atoms with Crippen LogP contribution in [-0.2, 0) is 48.3 Å². The van der Waals surface area contributed by atoms with E-state index in [1.54, 1.807) is 0 Å². The zero-order valence-corrected chi connectivity index (χ0v) is 17.1. The molecule has 27 heavy (non-hydrogen) atoms. The summed E-state index contributed by atoms with van der Waals surface area (Å²) in [4.78, 5) is 46.4. The standard InChI is InChI=1S/C13H21BN2O8S3/c1-6(2)3-8(16-9(17)5-15-27(25)26)14-23-7(4-10(18)19)11(12(20)21)13(22)24-14/h6-8,11,15H,3-5H2,1-2H3,(H,16,17)(H,18,19)(H,20,21)(H,25,26)/t7?,8-,11?/m0/s1. The van der Waals surface area contributed by atoms with E-state index >= 15 is 0 Å². The zero-order valence-electron chi connectivity index (χ0n) is 14.6. The first-order valence-corrected chi connectivity index (χ1v) is 11.2. The smallest absolute Gasteiger partial charge is 0.508 e. The van der Waals surface area contributed by atoms with Gasteiger partial charge in [-0.2, -0.15) is 0 Å². The molecule has 0 aromatic rings. The third-order valence-electron chi connectivity index (χ3n) is 3.57. The summed E-state index contributed by atoms with van der Waals surface area (Å²) in [7, 11) is -2.18. The van der Waals surface area contributed by atoms with E-state index in [4.69, 9.17) is 30.7 Å². The van der Waals surface area contributed by atoms with Crippen molar-refractivity contribution in [2.45, 2.75) is 38.7 Å². The predicted molar refractivity (Wildman–Crippen MR) is 103 cm³/mol. The van der Waals surface area contributed by atoms with Gasteiger partial charge in [0.05, 0.1) is 25.0 Å². The minimum atomic E-state index is -1.75. The van der Waals surface area contributed by atoms with Crippen LogP contribution < -0.4 is 10.0 Å². The molecule has 0 spiro atoms. The molecule has 3 unspecified atom stereocenters. The number of carbonyl (C=O) groups is 4. The average molecular weight is 440 g/mol. The number of nitrogens with one attached hydrogen (secondary N) is 2. The quantitative estimate of drug-likeness (QED) is 0.125. The summed E-state index contributed by atoms with van der Waals surface area (Å²) < 4.78 is 13.2. The van der Waals surface area contributed by atoms with Gasteiger partial charge in [0.2, 0.25) is 5.91 Å². The number of aliphatic carboxylic acids is 2. The van der Waals surface area contributed by atoms with Gasteiger partial charge in [-0.25, -0.2) is 4.72 Å². The van der Waals surface area contributed by atoms with Crippen molar-refractivity contribution in [3.8, 4) is 0 Å². The van der Waals surface area contributed by atoms with Crippen molar-refractivity contribution >= 4 is 62.5 Å². The number of rotatable bonds is 10. The van der Waals surface area contributed by atoms with Gasteiger partial charge in [-0.3, -0.25) is 19.2 Å². The largest absolute Gasteiger partial charge is 0.551 e. The Bertz CT molecular complexity index is 620. The Morgan fingerprint density at radius 1 is 1.37 bits per heavy atom. The normalized spacial score (nSPS) is 22.1. The molecule has 1 aliphatic rings. The number of amides is 1. The number of hydrogen-bond donors (Lipinski definition) is 5. The van der Waals surface area contributed by atoms with Crippen LogP contribution in [0.3, 0.4) is 0 Å². The van der Waals surface area contributed by atoms with Crippen LogP contribution in [0.5, 0.6) is 0 Å². The highest BCUT2D eigenvalue weighted by molar-refractivity contribution is 8.75. The highest BCUT2D eigenvalue weighted by Gasteiger charge is 2.50. The molecular formula is C13H21BN2O8S3. The maximum Gasteiger partial charge on any atom is 0.551 e. The molecule has 0 aromatic carbocycles. The molecule has 1 aliphatic heterocycles. The lowest BCUT2D eigenvalue weighted by molar-refractivity contribution is -0.165. The Balaban J connectivity index is 2.95. The second-order valence-electron chi connectivity index (χ2n) is 6.27. The summed E-state index contributed by atoms with van der Waals surface area (Å²) in [6.45, 7) is 3.61. The third kappa shape index (κ3) is 8.13. The van der Waals surface area contributed by atoms with Gasteiger partial charge < -0.3 is 24.8 Å². The third-order valence-corrected chi connectivity index (χ3v) is 4.70. The van der Waals surface area contributed by atoms with Gasteiger partial charge >= 0.3 is 25.0 Å². The van der Waals surface area contributed by atoms with Crippen molar-refractivity contribution in [2.24, 2.45) is 11.8 Å². The summed E-state index contributed by atoms with van der Waals surface area (Å²) in [5, 5.41) is 20.8. The summed E-state index contributed by atoms with van der Waals surface area (Å²) in [5.74, 6) is -6.88. The molecule has 0 aromatic heterocycles. The van der Waals surface area contributed by atoms with E-state index in [0.29, 0.717) is 6.42 Å². The lowest BCUT2D eigenvalue weighted by atomic mass is 9.71. The number of carboxylic acids is 2. The topological polar surface area (TPSA) is 151 Å². The van der Waals surface area contributed by atoms with Crippen molar-refractivity contribution in [3.63, 3.8) is 0 Å². The van der Waals surface area contributed by atoms with Crippen molar-refractivity contribution in [2.75, 3.05) is 6.54 Å². The van der Waals surface area contributed by atoms with Crippen LogP contribution in [0.2, 0.25) is 0 Å². The zero-order chi connectivity index (χ0) is 20.7. The average Bonchev–Trinajstić information content (AvgIpc) is 2.50. The number of hydrogen-bond acceptors (Lipinski definition) is 7. The lowest BCUT2D eigenvalue weighted by Crippen LogP contribution is -2.59. The van der Waals surface area contributed by atoms with Crippen LogP contribution in [-0.4, -0.2) is 59.7 Å². The van der Waals surface area contributed by atoms with Crippen LogP contribution in [0.4, 0.5) is 0 Å². The molecule has 1 rings (SSSR count). The maximum atomic E-state index is 12.1. The van der Waals surface area contributed by atoms with Gasteiger partial charge in [0.15, 0.2) is 5.92 Å². The Morgan fingerprint density at radius 2 is 2.00 bits per heavy atom. The van der Waals surface area contributed by atoms with E-state index in [2.05, 4.69) is 21.7 Å². The van der Waals surface area contributed by atoms with Crippen LogP contribution in [0.25, 0.3) is 0 Å². The molecule has 4 atom stereocenters. The monoisotopic (exact) mass is 440 g/mol. The molecule has 14 heteroatoms. The Morgan fingerprint density at radius 3 is 2.48 bits per heavy atom. The van der Waals surface area contributed by atoms with Gasteiger partial charge in [-0.1, -0.05) is 25.5 Å². The van der Waals surface area contributed by atoms with Gasteiger partial charge in [-0.15, -0.1) is 0 Å². The molecule has 152 valence electrons. The fraction of sp³-hybridized carbons (Fsp3) is 0.692. The molecular weight excluding hydrogens is 419 g/mol. The minimum Gasteiger partial charge on any atom is -0.508 e. The second-order valence-corrected chi connectivity index (χ2v) is 9.89. The molecule has 0 bridgehead atoms. The van der Waals surface area contributed by atoms with E-state index < -0.39 is 64.0 Å². The lowest BCUT2D eigenvalue weighted by Gasteiger charge is -2.35. The van der Waals surface area contributed by atoms with Gasteiger partial charge in [0.1, 0.15) is 0 Å². The molecule has 1 amide bonds. The molecule has 0 aliphatic carbocycles. The van der Waals surface area contributed by atoms with Crippen LogP contribution in [0.15, 0.2) is 0 Å². The van der Waals surface area contributed by atoms with Gasteiger partial charge in [-0.05, 0) is 23.5 Å². The number of carboxylic acid groups (broad SMARTS) is 2. The summed E-state index contributed by atoms with van der Waals surface area (Å²) in [6.07, 6.45) is -1.75. The van der Waals surface area contributed by atoms with E-state index in [-0.39, 0.29) is 12.5 Å². The first kappa shape index (κ1) is 23.8. The second kappa shape index (κ2) is 10.9. The predicted octanol–water partition coefficient (Wildman–Crippen LogP) is -0.908. The summed E-state index contributed by atoms with van der Waals surface area (Å²) >= 11 is 8.76. The number of carbonyl (C=O) groups excluding carboxylic acids is 2. The molecule has 0 saturated carbocycles. The number of thiol groups is 1. The molecule has 0 radical (unpaired) electrons.